The summed E-state index contributed by atoms with van der Waals surface area (Å²) in [5.41, 5.74) is 10.4. The van der Waals surface area contributed by atoms with E-state index in [0.29, 0.717) is 5.92 Å². The number of furan rings is 1. The first-order valence-electron chi connectivity index (χ1n) is 19.3. The Morgan fingerprint density at radius 1 is 0.846 bits per heavy atom. The minimum absolute atomic E-state index is 0. The molecule has 52 heavy (non-hydrogen) atoms. The molecule has 0 saturated heterocycles. The van der Waals surface area contributed by atoms with Gasteiger partial charge in [-0.05, 0) is 41.6 Å². The van der Waals surface area contributed by atoms with Gasteiger partial charge in [0.1, 0.15) is 5.58 Å². The van der Waals surface area contributed by atoms with Crippen LogP contribution in [0.25, 0.3) is 44.5 Å². The number of fused-ring (bicyclic) bond motifs is 3. The van der Waals surface area contributed by atoms with Gasteiger partial charge < -0.3 is 9.40 Å². The Hall–Kier alpha value is -3.05. The molecule has 0 aliphatic heterocycles. The quantitative estimate of drug-likeness (QED) is 0.107. The Morgan fingerprint density at radius 2 is 1.58 bits per heavy atom. The number of nitrogens with zero attached hydrogens (tertiary/aromatic N) is 2. The summed E-state index contributed by atoms with van der Waals surface area (Å²) in [6.45, 7) is 11.4. The summed E-state index contributed by atoms with van der Waals surface area (Å²) in [6.07, 6.45) is 14.3. The van der Waals surface area contributed by atoms with Gasteiger partial charge in [-0.2, -0.15) is 0 Å². The normalized spacial score (nSPS) is 13.9. The zero-order valence-corrected chi connectivity index (χ0v) is 37.0. The summed E-state index contributed by atoms with van der Waals surface area (Å²) in [7, 11) is 0. The van der Waals surface area contributed by atoms with E-state index >= 15 is 0 Å². The standard InChI is InChI=1S/C24H34GeN.C23H22NO.Ir/c1-18(2)14-22-16-24(26-17-23(22)25(3,4)5)21-13-9-12-20(15-21)19-10-7-6-8-11-19;1-4-23(3,5-2)16-13-14-24-20(15-16)19-11-8-10-18-17-9-6-7-12-21(17)25-22(18)19;/h9,12,15-19H,6-8,10-11,14H2,1-5H3;6-10,12-15H,4-5H2,1-3H3;/q2*-1;. The van der Waals surface area contributed by atoms with E-state index in [-0.39, 0.29) is 25.5 Å². The van der Waals surface area contributed by atoms with Gasteiger partial charge in [-0.25, -0.2) is 0 Å². The molecule has 5 heteroatoms. The van der Waals surface area contributed by atoms with Gasteiger partial charge in [-0.3, -0.25) is 0 Å². The smallest absolute Gasteiger partial charge is 0.120 e. The van der Waals surface area contributed by atoms with E-state index in [2.05, 4.69) is 124 Å². The molecule has 6 aromatic rings. The van der Waals surface area contributed by atoms with Crippen molar-refractivity contribution < 1.29 is 24.5 Å². The van der Waals surface area contributed by atoms with E-state index < -0.39 is 13.3 Å². The molecule has 0 atom stereocenters. The number of pyridine rings is 2. The van der Waals surface area contributed by atoms with Crippen LogP contribution in [0.2, 0.25) is 17.3 Å². The molecule has 1 saturated carbocycles. The Bertz CT molecular complexity index is 2080. The van der Waals surface area contributed by atoms with Gasteiger partial charge >= 0.3 is 163 Å². The number of rotatable bonds is 9. The van der Waals surface area contributed by atoms with Crippen molar-refractivity contribution in [3.8, 4) is 22.5 Å². The molecule has 0 amide bonds. The second kappa shape index (κ2) is 17.4. The van der Waals surface area contributed by atoms with Gasteiger partial charge in [0.05, 0.1) is 5.58 Å². The molecule has 7 rings (SSSR count). The Labute approximate surface area is 329 Å². The van der Waals surface area contributed by atoms with Crippen molar-refractivity contribution >= 4 is 39.6 Å². The van der Waals surface area contributed by atoms with Gasteiger partial charge in [-0.15, -0.1) is 18.2 Å². The molecular formula is C47H56GeIrN2O-2. The van der Waals surface area contributed by atoms with E-state index in [9.17, 15) is 0 Å². The maximum atomic E-state index is 6.14. The molecule has 1 fully saturated rings. The summed E-state index contributed by atoms with van der Waals surface area (Å²) in [6, 6.07) is 32.4. The van der Waals surface area contributed by atoms with Gasteiger partial charge in [0, 0.05) is 31.7 Å². The van der Waals surface area contributed by atoms with E-state index in [1.165, 1.54) is 54.4 Å². The number of para-hydroxylation sites is 1. The van der Waals surface area contributed by atoms with Crippen molar-refractivity contribution in [2.45, 2.75) is 115 Å². The Kier molecular flexibility index (Phi) is 13.4. The minimum atomic E-state index is -1.91. The van der Waals surface area contributed by atoms with Crippen LogP contribution in [0.3, 0.4) is 0 Å². The fraction of sp³-hybridized carbons (Fsp3) is 0.404. The van der Waals surface area contributed by atoms with Gasteiger partial charge in [-0.1, -0.05) is 56.0 Å². The first-order valence-corrected chi connectivity index (χ1v) is 26.6. The maximum absolute atomic E-state index is 6.14. The van der Waals surface area contributed by atoms with Crippen molar-refractivity contribution in [2.75, 3.05) is 0 Å². The van der Waals surface area contributed by atoms with Crippen molar-refractivity contribution in [2.24, 2.45) is 5.92 Å². The molecule has 1 aliphatic carbocycles. The Morgan fingerprint density at radius 3 is 2.29 bits per heavy atom. The van der Waals surface area contributed by atoms with Crippen molar-refractivity contribution in [3.05, 3.63) is 114 Å². The van der Waals surface area contributed by atoms with Gasteiger partial charge in [0.2, 0.25) is 0 Å². The zero-order chi connectivity index (χ0) is 36.2. The molecule has 0 unspecified atom stereocenters. The number of benzene rings is 3. The largest absolute Gasteiger partial charge is 0.501 e. The second-order valence-corrected chi connectivity index (χ2v) is 26.9. The van der Waals surface area contributed by atoms with E-state index in [1.807, 2.05) is 30.5 Å². The topological polar surface area (TPSA) is 38.9 Å². The van der Waals surface area contributed by atoms with E-state index in [4.69, 9.17) is 9.40 Å². The molecule has 0 N–H and O–H groups in total. The first-order chi connectivity index (χ1) is 24.5. The van der Waals surface area contributed by atoms with E-state index in [1.54, 1.807) is 4.40 Å². The molecule has 1 radical (unpaired) electrons. The average molecular weight is 930 g/mol. The summed E-state index contributed by atoms with van der Waals surface area (Å²) in [5, 5.41) is 2.25. The third-order valence-electron chi connectivity index (χ3n) is 11.2. The predicted molar refractivity (Wildman–Crippen MR) is 220 cm³/mol. The fourth-order valence-corrected chi connectivity index (χ4v) is 11.1. The average Bonchev–Trinajstić information content (AvgIpc) is 3.53. The molecule has 0 bridgehead atoms. The number of hydrogen-bond acceptors (Lipinski definition) is 3. The van der Waals surface area contributed by atoms with Crippen LogP contribution in [-0.2, 0) is 31.9 Å². The second-order valence-electron chi connectivity index (χ2n) is 16.3. The molecule has 3 aromatic heterocycles. The van der Waals surface area contributed by atoms with Crippen LogP contribution in [-0.4, -0.2) is 23.2 Å². The van der Waals surface area contributed by atoms with Crippen LogP contribution < -0.4 is 4.40 Å². The van der Waals surface area contributed by atoms with Gasteiger partial charge in [0.15, 0.2) is 0 Å². The van der Waals surface area contributed by atoms with Crippen molar-refractivity contribution in [1.29, 1.82) is 0 Å². The van der Waals surface area contributed by atoms with Crippen LogP contribution >= 0.6 is 0 Å². The summed E-state index contributed by atoms with van der Waals surface area (Å²) < 4.78 is 7.71. The molecule has 3 nitrogen and oxygen atoms in total. The van der Waals surface area contributed by atoms with Crippen molar-refractivity contribution in [1.82, 2.24) is 9.97 Å². The molecule has 3 aromatic carbocycles. The van der Waals surface area contributed by atoms with Crippen LogP contribution in [0, 0.1) is 18.1 Å². The SMILES string of the molecule is CC(C)Cc1cc(-c2[c-]ccc(C3CCCCC3)c2)nc[c]1[Ge]([CH3])([CH3])[CH3].CCC(C)(CC)c1ccnc(-c2[c-]ccc3c2oc2ccccc23)c1.[Ir]. The summed E-state index contributed by atoms with van der Waals surface area (Å²) >= 11 is -1.91. The molecule has 1 aliphatic rings. The fourth-order valence-electron chi connectivity index (χ4n) is 7.73. The maximum Gasteiger partial charge on any atom is 0.120 e. The van der Waals surface area contributed by atoms with Crippen LogP contribution in [0.1, 0.15) is 102 Å². The Balaban J connectivity index is 0.000000197. The molecule has 3 heterocycles. The van der Waals surface area contributed by atoms with Crippen LogP contribution in [0.4, 0.5) is 0 Å². The monoisotopic (exact) mass is 931 g/mol. The number of aromatic nitrogens is 2. The summed E-state index contributed by atoms with van der Waals surface area (Å²) in [4.78, 5) is 9.51. The number of hydrogen-bond donors (Lipinski definition) is 0. The third-order valence-corrected chi connectivity index (χ3v) is 15.6. The first kappa shape index (κ1) is 40.1. The zero-order valence-electron chi connectivity index (χ0n) is 32.5. The minimum Gasteiger partial charge on any atom is -0.501 e. The summed E-state index contributed by atoms with van der Waals surface area (Å²) in [5.74, 6) is 8.81. The van der Waals surface area contributed by atoms with Crippen molar-refractivity contribution in [3.63, 3.8) is 0 Å². The molecular weight excluding hydrogens is 873 g/mol. The van der Waals surface area contributed by atoms with Crippen LogP contribution in [0.5, 0.6) is 0 Å². The van der Waals surface area contributed by atoms with Gasteiger partial charge in [0.25, 0.3) is 0 Å². The predicted octanol–water partition coefficient (Wildman–Crippen LogP) is 12.9. The molecule has 275 valence electrons. The van der Waals surface area contributed by atoms with Crippen LogP contribution in [0.15, 0.2) is 89.6 Å². The van der Waals surface area contributed by atoms with E-state index in [0.717, 1.165) is 64.1 Å². The third kappa shape index (κ3) is 9.00. The molecule has 0 spiro atoms.